The Balaban J connectivity index is 1.47. The van der Waals surface area contributed by atoms with E-state index in [2.05, 4.69) is 31.8 Å². The van der Waals surface area contributed by atoms with Gasteiger partial charge in [0, 0.05) is 11.8 Å². The molecule has 1 aromatic carbocycles. The van der Waals surface area contributed by atoms with Crippen molar-refractivity contribution in [2.24, 2.45) is 5.10 Å². The average Bonchev–Trinajstić information content (AvgIpc) is 3.13. The van der Waals surface area contributed by atoms with Gasteiger partial charge in [0.25, 0.3) is 5.91 Å². The summed E-state index contributed by atoms with van der Waals surface area (Å²) in [5, 5.41) is 6.78. The zero-order valence-corrected chi connectivity index (χ0v) is 12.9. The molecule has 7 nitrogen and oxygen atoms in total. The molecule has 1 amide bonds. The minimum Gasteiger partial charge on any atom is -0.454 e. The topological polar surface area (TPSA) is 85.1 Å². The molecule has 0 aliphatic carbocycles. The number of anilines is 1. The number of nitrogens with zero attached hydrogens (tertiary/aromatic N) is 1. The molecular formula is C14H12BrN3O4. The van der Waals surface area contributed by atoms with Gasteiger partial charge in [-0.05, 0) is 40.2 Å². The summed E-state index contributed by atoms with van der Waals surface area (Å²) in [5.74, 6) is 1.62. The van der Waals surface area contributed by atoms with Gasteiger partial charge in [-0.15, -0.1) is 0 Å². The number of furan rings is 1. The number of hydrazone groups is 1. The number of fused-ring (bicyclic) bond motifs is 1. The second-order valence-electron chi connectivity index (χ2n) is 4.36. The number of hydrogen-bond acceptors (Lipinski definition) is 6. The van der Waals surface area contributed by atoms with E-state index in [1.54, 1.807) is 24.3 Å². The van der Waals surface area contributed by atoms with Crippen LogP contribution in [-0.4, -0.2) is 25.5 Å². The summed E-state index contributed by atoms with van der Waals surface area (Å²) in [6, 6.07) is 8.84. The molecule has 1 aliphatic rings. The second-order valence-corrected chi connectivity index (χ2v) is 5.14. The van der Waals surface area contributed by atoms with E-state index in [1.165, 1.54) is 6.21 Å². The molecule has 22 heavy (non-hydrogen) atoms. The van der Waals surface area contributed by atoms with Crippen molar-refractivity contribution in [3.63, 3.8) is 0 Å². The molecule has 0 radical (unpaired) electrons. The lowest BCUT2D eigenvalue weighted by Gasteiger charge is -2.05. The maximum absolute atomic E-state index is 11.7. The van der Waals surface area contributed by atoms with Crippen molar-refractivity contribution in [3.8, 4) is 11.5 Å². The fourth-order valence-corrected chi connectivity index (χ4v) is 2.11. The number of rotatable bonds is 5. The first-order valence-corrected chi connectivity index (χ1v) is 7.21. The van der Waals surface area contributed by atoms with Gasteiger partial charge in [-0.2, -0.15) is 5.10 Å². The van der Waals surface area contributed by atoms with Crippen LogP contribution in [0.1, 0.15) is 5.76 Å². The molecule has 0 bridgehead atoms. The highest BCUT2D eigenvalue weighted by atomic mass is 79.9. The van der Waals surface area contributed by atoms with Crippen LogP contribution in [0.15, 0.2) is 44.5 Å². The Labute approximate surface area is 134 Å². The van der Waals surface area contributed by atoms with Gasteiger partial charge in [0.15, 0.2) is 16.2 Å². The Hall–Kier alpha value is -2.48. The second kappa shape index (κ2) is 6.52. The van der Waals surface area contributed by atoms with E-state index in [0.29, 0.717) is 21.9 Å². The zero-order valence-electron chi connectivity index (χ0n) is 11.3. The fourth-order valence-electron chi connectivity index (χ4n) is 1.79. The van der Waals surface area contributed by atoms with Crippen LogP contribution in [0.2, 0.25) is 0 Å². The lowest BCUT2D eigenvalue weighted by atomic mass is 10.3. The quantitative estimate of drug-likeness (QED) is 0.627. The minimum atomic E-state index is -0.278. The molecule has 2 N–H and O–H groups in total. The first-order valence-electron chi connectivity index (χ1n) is 6.41. The molecule has 0 fully saturated rings. The number of carbonyl (C=O) groups excluding carboxylic acids is 1. The van der Waals surface area contributed by atoms with E-state index >= 15 is 0 Å². The van der Waals surface area contributed by atoms with E-state index in [1.807, 2.05) is 6.07 Å². The maximum atomic E-state index is 11.7. The molecule has 0 unspecified atom stereocenters. The van der Waals surface area contributed by atoms with Gasteiger partial charge in [-0.25, -0.2) is 5.43 Å². The summed E-state index contributed by atoms with van der Waals surface area (Å²) >= 11 is 3.18. The lowest BCUT2D eigenvalue weighted by Crippen LogP contribution is -2.25. The molecule has 2 heterocycles. The molecule has 0 saturated heterocycles. The molecule has 8 heteroatoms. The van der Waals surface area contributed by atoms with E-state index < -0.39 is 0 Å². The number of carbonyl (C=O) groups is 1. The third-order valence-corrected chi connectivity index (χ3v) is 3.23. The highest BCUT2D eigenvalue weighted by molar-refractivity contribution is 9.10. The van der Waals surface area contributed by atoms with Crippen molar-refractivity contribution < 1.29 is 18.7 Å². The van der Waals surface area contributed by atoms with E-state index in [0.717, 1.165) is 5.69 Å². The third-order valence-electron chi connectivity index (χ3n) is 2.80. The monoisotopic (exact) mass is 365 g/mol. The normalized spacial score (nSPS) is 12.6. The van der Waals surface area contributed by atoms with Crippen LogP contribution in [0.3, 0.4) is 0 Å². The van der Waals surface area contributed by atoms with Gasteiger partial charge in [0.05, 0.1) is 12.8 Å². The first kappa shape index (κ1) is 14.5. The Kier molecular flexibility index (Phi) is 4.29. The number of hydrogen-bond donors (Lipinski definition) is 2. The van der Waals surface area contributed by atoms with Gasteiger partial charge in [0.2, 0.25) is 6.79 Å². The third kappa shape index (κ3) is 3.59. The molecule has 1 aliphatic heterocycles. The molecular weight excluding hydrogens is 354 g/mol. The van der Waals surface area contributed by atoms with Crippen molar-refractivity contribution in [2.45, 2.75) is 0 Å². The first-order chi connectivity index (χ1) is 10.7. The van der Waals surface area contributed by atoms with Crippen LogP contribution < -0.4 is 20.2 Å². The van der Waals surface area contributed by atoms with Crippen LogP contribution in [-0.2, 0) is 4.79 Å². The van der Waals surface area contributed by atoms with E-state index in [4.69, 9.17) is 13.9 Å². The molecule has 0 atom stereocenters. The number of amides is 1. The van der Waals surface area contributed by atoms with Crippen molar-refractivity contribution in [2.75, 3.05) is 18.7 Å². The smallest absolute Gasteiger partial charge is 0.259 e. The summed E-state index contributed by atoms with van der Waals surface area (Å²) in [6.07, 6.45) is 1.42. The van der Waals surface area contributed by atoms with Crippen molar-refractivity contribution in [3.05, 3.63) is 40.8 Å². The van der Waals surface area contributed by atoms with Gasteiger partial charge >= 0.3 is 0 Å². The summed E-state index contributed by atoms with van der Waals surface area (Å²) in [7, 11) is 0. The van der Waals surface area contributed by atoms with Crippen molar-refractivity contribution >= 4 is 33.7 Å². The molecule has 1 aromatic heterocycles. The molecule has 114 valence electrons. The zero-order chi connectivity index (χ0) is 15.4. The van der Waals surface area contributed by atoms with E-state index in [-0.39, 0.29) is 19.2 Å². The van der Waals surface area contributed by atoms with Crippen LogP contribution >= 0.6 is 15.9 Å². The number of benzene rings is 1. The van der Waals surface area contributed by atoms with Crippen LogP contribution in [0, 0.1) is 0 Å². The Morgan fingerprint density at radius 1 is 1.27 bits per heavy atom. The largest absolute Gasteiger partial charge is 0.454 e. The van der Waals surface area contributed by atoms with Crippen LogP contribution in [0.4, 0.5) is 5.69 Å². The molecule has 3 rings (SSSR count). The van der Waals surface area contributed by atoms with Crippen LogP contribution in [0.25, 0.3) is 0 Å². The predicted molar refractivity (Wildman–Crippen MR) is 83.2 cm³/mol. The van der Waals surface area contributed by atoms with Gasteiger partial charge in [-0.3, -0.25) is 4.79 Å². The number of ether oxygens (including phenoxy) is 2. The molecule has 2 aromatic rings. The van der Waals surface area contributed by atoms with E-state index in [9.17, 15) is 4.79 Å². The number of halogens is 1. The Morgan fingerprint density at radius 3 is 2.95 bits per heavy atom. The van der Waals surface area contributed by atoms with Gasteiger partial charge < -0.3 is 19.2 Å². The van der Waals surface area contributed by atoms with Gasteiger partial charge in [-0.1, -0.05) is 0 Å². The number of nitrogens with one attached hydrogen (secondary N) is 2. The summed E-state index contributed by atoms with van der Waals surface area (Å²) < 4.78 is 16.3. The highest BCUT2D eigenvalue weighted by Gasteiger charge is 2.13. The summed E-state index contributed by atoms with van der Waals surface area (Å²) in [5.41, 5.74) is 3.16. The average molecular weight is 366 g/mol. The highest BCUT2D eigenvalue weighted by Crippen LogP contribution is 2.34. The fraction of sp³-hybridized carbons (Fsp3) is 0.143. The van der Waals surface area contributed by atoms with Crippen LogP contribution in [0.5, 0.6) is 11.5 Å². The SMILES string of the molecule is O=C(CNc1ccc2c(c1)OCO2)N/N=C\c1ccc(Br)o1. The van der Waals surface area contributed by atoms with Crippen molar-refractivity contribution in [1.29, 1.82) is 0 Å². The predicted octanol–water partition coefficient (Wildman–Crippen LogP) is 2.33. The minimum absolute atomic E-state index is 0.0822. The lowest BCUT2D eigenvalue weighted by molar-refractivity contribution is -0.119. The standard InChI is InChI=1S/C14H12BrN3O4/c15-13-4-2-10(22-13)6-17-18-14(19)7-16-9-1-3-11-12(5-9)21-8-20-11/h1-6,16H,7-8H2,(H,18,19)/b17-6-. The van der Waals surface area contributed by atoms with Gasteiger partial charge in [0.1, 0.15) is 5.76 Å². The summed E-state index contributed by atoms with van der Waals surface area (Å²) in [6.45, 7) is 0.301. The summed E-state index contributed by atoms with van der Waals surface area (Å²) in [4.78, 5) is 11.7. The molecule has 0 saturated carbocycles. The maximum Gasteiger partial charge on any atom is 0.259 e. The molecule has 0 spiro atoms. The Bertz CT molecular complexity index is 714. The van der Waals surface area contributed by atoms with Crippen molar-refractivity contribution in [1.82, 2.24) is 5.43 Å². The Morgan fingerprint density at radius 2 is 2.14 bits per heavy atom.